The van der Waals surface area contributed by atoms with Crippen LogP contribution < -0.4 is 10.6 Å². The Bertz CT molecular complexity index is 471. The molecule has 1 fully saturated rings. The van der Waals surface area contributed by atoms with Gasteiger partial charge >= 0.3 is 0 Å². The molecule has 2 atom stereocenters. The van der Waals surface area contributed by atoms with Crippen molar-refractivity contribution in [1.29, 1.82) is 0 Å². The lowest BCUT2D eigenvalue weighted by molar-refractivity contribution is -0.122. The van der Waals surface area contributed by atoms with Crippen molar-refractivity contribution in [2.24, 2.45) is 0 Å². The number of hydrogen-bond donors (Lipinski definition) is 2. The van der Waals surface area contributed by atoms with Crippen LogP contribution in [0.15, 0.2) is 24.3 Å². The van der Waals surface area contributed by atoms with Crippen LogP contribution in [0.2, 0.25) is 0 Å². The van der Waals surface area contributed by atoms with Gasteiger partial charge in [0.15, 0.2) is 0 Å². The lowest BCUT2D eigenvalue weighted by atomic mass is 9.90. The number of rotatable bonds is 3. The lowest BCUT2D eigenvalue weighted by Gasteiger charge is -2.27. The molecule has 2 aliphatic heterocycles. The first-order valence-electron chi connectivity index (χ1n) is 7.57. The zero-order chi connectivity index (χ0) is 13.8. The Balaban J connectivity index is 1.60. The maximum atomic E-state index is 12.5. The standard InChI is InChI=1S/C16H22N2OS/c19-16(18-11-12-5-3-4-10-20-12)14-8-9-17-15-7-2-1-6-13(14)15/h1-2,6-7,12,14,17H,3-5,8-11H2,(H,18,19). The Hall–Kier alpha value is -1.16. The minimum absolute atomic E-state index is 0.0149. The lowest BCUT2D eigenvalue weighted by Crippen LogP contribution is -2.37. The molecule has 0 aliphatic carbocycles. The fourth-order valence-corrected chi connectivity index (χ4v) is 4.29. The zero-order valence-electron chi connectivity index (χ0n) is 11.7. The molecule has 2 N–H and O–H groups in total. The number of amides is 1. The van der Waals surface area contributed by atoms with Gasteiger partial charge in [-0.2, -0.15) is 11.8 Å². The summed E-state index contributed by atoms with van der Waals surface area (Å²) in [4.78, 5) is 12.5. The zero-order valence-corrected chi connectivity index (χ0v) is 12.5. The molecule has 0 spiro atoms. The van der Waals surface area contributed by atoms with E-state index in [1.54, 1.807) is 0 Å². The SMILES string of the molecule is O=C(NCC1CCCCS1)C1CCNc2ccccc21. The van der Waals surface area contributed by atoms with Crippen molar-refractivity contribution in [2.45, 2.75) is 36.9 Å². The van der Waals surface area contributed by atoms with Crippen molar-refractivity contribution in [3.63, 3.8) is 0 Å². The van der Waals surface area contributed by atoms with E-state index in [9.17, 15) is 4.79 Å². The highest BCUT2D eigenvalue weighted by Gasteiger charge is 2.26. The molecule has 0 radical (unpaired) electrons. The summed E-state index contributed by atoms with van der Waals surface area (Å²) in [5.41, 5.74) is 2.26. The number of carbonyl (C=O) groups excluding carboxylic acids is 1. The van der Waals surface area contributed by atoms with E-state index in [1.807, 2.05) is 23.9 Å². The molecule has 0 bridgehead atoms. The van der Waals surface area contributed by atoms with E-state index in [0.717, 1.165) is 30.8 Å². The Morgan fingerprint density at radius 3 is 3.05 bits per heavy atom. The van der Waals surface area contributed by atoms with Gasteiger partial charge in [0.2, 0.25) is 5.91 Å². The van der Waals surface area contributed by atoms with E-state index >= 15 is 0 Å². The van der Waals surface area contributed by atoms with Crippen LogP contribution >= 0.6 is 11.8 Å². The van der Waals surface area contributed by atoms with Gasteiger partial charge in [-0.05, 0) is 36.6 Å². The van der Waals surface area contributed by atoms with Gasteiger partial charge in [0, 0.05) is 24.0 Å². The quantitative estimate of drug-likeness (QED) is 0.899. The topological polar surface area (TPSA) is 41.1 Å². The molecular formula is C16H22N2OS. The monoisotopic (exact) mass is 290 g/mol. The van der Waals surface area contributed by atoms with Gasteiger partial charge in [-0.25, -0.2) is 0 Å². The van der Waals surface area contributed by atoms with E-state index in [1.165, 1.54) is 25.0 Å². The van der Waals surface area contributed by atoms with Crippen molar-refractivity contribution in [2.75, 3.05) is 24.2 Å². The molecule has 1 aromatic rings. The summed E-state index contributed by atoms with van der Waals surface area (Å²) in [6.45, 7) is 1.71. The summed E-state index contributed by atoms with van der Waals surface area (Å²) < 4.78 is 0. The first-order chi connectivity index (χ1) is 9.84. The van der Waals surface area contributed by atoms with Gasteiger partial charge < -0.3 is 10.6 Å². The molecule has 2 unspecified atom stereocenters. The number of carbonyl (C=O) groups is 1. The predicted octanol–water partition coefficient (Wildman–Crippen LogP) is 2.99. The van der Waals surface area contributed by atoms with E-state index in [0.29, 0.717) is 5.25 Å². The third kappa shape index (κ3) is 3.11. The predicted molar refractivity (Wildman–Crippen MR) is 85.4 cm³/mol. The van der Waals surface area contributed by atoms with Crippen LogP contribution in [0.4, 0.5) is 5.69 Å². The molecule has 20 heavy (non-hydrogen) atoms. The fraction of sp³-hybridized carbons (Fsp3) is 0.562. The molecule has 2 heterocycles. The largest absolute Gasteiger partial charge is 0.385 e. The third-order valence-electron chi connectivity index (χ3n) is 4.18. The maximum absolute atomic E-state index is 12.5. The average Bonchev–Trinajstić information content (AvgIpc) is 2.53. The molecule has 1 aromatic carbocycles. The number of thioether (sulfide) groups is 1. The van der Waals surface area contributed by atoms with Crippen LogP contribution in [0.5, 0.6) is 0 Å². The number of hydrogen-bond acceptors (Lipinski definition) is 3. The van der Waals surface area contributed by atoms with Crippen LogP contribution in [0.25, 0.3) is 0 Å². The number of para-hydroxylation sites is 1. The van der Waals surface area contributed by atoms with Crippen molar-refractivity contribution >= 4 is 23.4 Å². The van der Waals surface area contributed by atoms with E-state index in [-0.39, 0.29) is 11.8 Å². The Labute approximate surface area is 124 Å². The summed E-state index contributed by atoms with van der Waals surface area (Å²) >= 11 is 2.01. The Morgan fingerprint density at radius 2 is 2.20 bits per heavy atom. The highest BCUT2D eigenvalue weighted by atomic mass is 32.2. The van der Waals surface area contributed by atoms with Gasteiger partial charge in [0.05, 0.1) is 5.92 Å². The van der Waals surface area contributed by atoms with E-state index < -0.39 is 0 Å². The minimum atomic E-state index is 0.0149. The van der Waals surface area contributed by atoms with Gasteiger partial charge in [0.25, 0.3) is 0 Å². The van der Waals surface area contributed by atoms with Crippen LogP contribution in [-0.4, -0.2) is 30.0 Å². The molecule has 0 saturated carbocycles. The molecule has 2 aliphatic rings. The van der Waals surface area contributed by atoms with Crippen LogP contribution in [0.3, 0.4) is 0 Å². The number of nitrogens with one attached hydrogen (secondary N) is 2. The average molecular weight is 290 g/mol. The third-order valence-corrected chi connectivity index (χ3v) is 5.58. The van der Waals surface area contributed by atoms with Gasteiger partial charge in [-0.1, -0.05) is 24.6 Å². The smallest absolute Gasteiger partial charge is 0.227 e. The van der Waals surface area contributed by atoms with Gasteiger partial charge in [-0.15, -0.1) is 0 Å². The maximum Gasteiger partial charge on any atom is 0.227 e. The molecule has 3 nitrogen and oxygen atoms in total. The Morgan fingerprint density at radius 1 is 1.30 bits per heavy atom. The summed E-state index contributed by atoms with van der Waals surface area (Å²) in [6.07, 6.45) is 4.77. The second-order valence-corrected chi connectivity index (χ2v) is 7.00. The number of anilines is 1. The molecular weight excluding hydrogens is 268 g/mol. The summed E-state index contributed by atoms with van der Waals surface area (Å²) in [5.74, 6) is 1.46. The summed E-state index contributed by atoms with van der Waals surface area (Å²) in [6, 6.07) is 8.17. The van der Waals surface area contributed by atoms with Crippen molar-refractivity contribution in [3.05, 3.63) is 29.8 Å². The van der Waals surface area contributed by atoms with E-state index in [2.05, 4.69) is 22.8 Å². The molecule has 0 aromatic heterocycles. The minimum Gasteiger partial charge on any atom is -0.385 e. The molecule has 1 amide bonds. The molecule has 4 heteroatoms. The summed E-state index contributed by atoms with van der Waals surface area (Å²) in [5, 5.41) is 7.16. The summed E-state index contributed by atoms with van der Waals surface area (Å²) in [7, 11) is 0. The van der Waals surface area contributed by atoms with Gasteiger partial charge in [0.1, 0.15) is 0 Å². The highest BCUT2D eigenvalue weighted by molar-refractivity contribution is 7.99. The van der Waals surface area contributed by atoms with Crippen molar-refractivity contribution in [1.82, 2.24) is 5.32 Å². The van der Waals surface area contributed by atoms with Crippen LogP contribution in [0.1, 0.15) is 37.2 Å². The normalized spacial score (nSPS) is 25.4. The second-order valence-electron chi connectivity index (χ2n) is 5.59. The van der Waals surface area contributed by atoms with Crippen LogP contribution in [0, 0.1) is 0 Å². The fourth-order valence-electron chi connectivity index (χ4n) is 3.05. The Kier molecular flexibility index (Phi) is 4.51. The van der Waals surface area contributed by atoms with Gasteiger partial charge in [-0.3, -0.25) is 4.79 Å². The highest BCUT2D eigenvalue weighted by Crippen LogP contribution is 2.31. The van der Waals surface area contributed by atoms with E-state index in [4.69, 9.17) is 0 Å². The molecule has 1 saturated heterocycles. The van der Waals surface area contributed by atoms with Crippen LogP contribution in [-0.2, 0) is 4.79 Å². The first-order valence-corrected chi connectivity index (χ1v) is 8.61. The van der Waals surface area contributed by atoms with Crippen molar-refractivity contribution < 1.29 is 4.79 Å². The number of fused-ring (bicyclic) bond motifs is 1. The second kappa shape index (κ2) is 6.53. The molecule has 108 valence electrons. The van der Waals surface area contributed by atoms with Crippen molar-refractivity contribution in [3.8, 4) is 0 Å². The molecule has 3 rings (SSSR count). The number of benzene rings is 1. The first kappa shape index (κ1) is 13.8.